The largest absolute Gasteiger partial charge is 0.368 e. The molecule has 0 amide bonds. The molecule has 1 aromatic carbocycles. The summed E-state index contributed by atoms with van der Waals surface area (Å²) in [6.07, 6.45) is 1.95. The van der Waals surface area contributed by atoms with Crippen LogP contribution < -0.4 is 4.90 Å². The fourth-order valence-electron chi connectivity index (χ4n) is 2.42. The van der Waals surface area contributed by atoms with Crippen LogP contribution in [0, 0.1) is 0 Å². The van der Waals surface area contributed by atoms with E-state index in [0.717, 1.165) is 38.4 Å². The Labute approximate surface area is 132 Å². The average Bonchev–Trinajstić information content (AvgIpc) is 2.96. The molecule has 1 aliphatic rings. The van der Waals surface area contributed by atoms with E-state index >= 15 is 0 Å². The van der Waals surface area contributed by atoms with E-state index in [-0.39, 0.29) is 0 Å². The second-order valence-electron chi connectivity index (χ2n) is 4.80. The molecule has 2 aromatic rings. The fourth-order valence-corrected chi connectivity index (χ4v) is 3.48. The Morgan fingerprint density at radius 1 is 1.15 bits per heavy atom. The second kappa shape index (κ2) is 6.31. The smallest absolute Gasteiger partial charge is 0.0825 e. The topological polar surface area (TPSA) is 19.4 Å². The fraction of sp³-hybridized carbons (Fsp3) is 0.357. The monoisotopic (exact) mass is 327 g/mol. The third-order valence-corrected chi connectivity index (χ3v) is 5.08. The summed E-state index contributed by atoms with van der Waals surface area (Å²) in [5, 5.41) is 1.28. The van der Waals surface area contributed by atoms with Crippen molar-refractivity contribution in [2.75, 3.05) is 31.1 Å². The lowest BCUT2D eigenvalue weighted by molar-refractivity contribution is 0.252. The first-order chi connectivity index (χ1) is 9.74. The number of benzene rings is 1. The lowest BCUT2D eigenvalue weighted by atomic mass is 10.2. The highest BCUT2D eigenvalue weighted by Crippen LogP contribution is 2.32. The molecule has 0 saturated carbocycles. The zero-order valence-corrected chi connectivity index (χ0v) is 13.3. The summed E-state index contributed by atoms with van der Waals surface area (Å²) in [6, 6.07) is 5.81. The molecule has 3 nitrogen and oxygen atoms in total. The molecule has 106 valence electrons. The molecule has 2 heterocycles. The van der Waals surface area contributed by atoms with Crippen LogP contribution in [0.4, 0.5) is 5.69 Å². The van der Waals surface area contributed by atoms with E-state index in [9.17, 15) is 0 Å². The highest BCUT2D eigenvalue weighted by Gasteiger charge is 2.20. The first-order valence-corrected chi connectivity index (χ1v) is 8.16. The van der Waals surface area contributed by atoms with Crippen LogP contribution >= 0.6 is 34.5 Å². The van der Waals surface area contributed by atoms with Gasteiger partial charge in [-0.3, -0.25) is 9.88 Å². The molecule has 0 N–H and O–H groups in total. The molecule has 0 spiro atoms. The second-order valence-corrected chi connectivity index (χ2v) is 6.56. The molecule has 6 heteroatoms. The van der Waals surface area contributed by atoms with Gasteiger partial charge < -0.3 is 4.90 Å². The van der Waals surface area contributed by atoms with Crippen LogP contribution in [-0.4, -0.2) is 36.1 Å². The lowest BCUT2D eigenvalue weighted by Crippen LogP contribution is -2.46. The highest BCUT2D eigenvalue weighted by molar-refractivity contribution is 7.09. The molecule has 0 radical (unpaired) electrons. The normalized spacial score (nSPS) is 16.6. The molecule has 1 aliphatic heterocycles. The van der Waals surface area contributed by atoms with Gasteiger partial charge in [-0.25, -0.2) is 0 Å². The summed E-state index contributed by atoms with van der Waals surface area (Å²) in [6.45, 7) is 4.99. The van der Waals surface area contributed by atoms with Crippen molar-refractivity contribution < 1.29 is 0 Å². The number of nitrogens with zero attached hydrogens (tertiary/aromatic N) is 3. The van der Waals surface area contributed by atoms with Crippen molar-refractivity contribution in [1.82, 2.24) is 9.88 Å². The van der Waals surface area contributed by atoms with E-state index in [4.69, 9.17) is 23.2 Å². The minimum absolute atomic E-state index is 0.622. The van der Waals surface area contributed by atoms with Crippen molar-refractivity contribution >= 4 is 40.2 Å². The third kappa shape index (κ3) is 3.09. The number of hydrogen-bond donors (Lipinski definition) is 0. The van der Waals surface area contributed by atoms with Gasteiger partial charge >= 0.3 is 0 Å². The SMILES string of the molecule is Clc1cccc(N2CCN(Cc3cncs3)CC2)c1Cl. The standard InChI is InChI=1S/C14H15Cl2N3S/c15-12-2-1-3-13(14(12)16)19-6-4-18(5-7-19)9-11-8-17-10-20-11/h1-3,8,10H,4-7,9H2. The molecule has 0 atom stereocenters. The van der Waals surface area contributed by atoms with Gasteiger partial charge in [0.1, 0.15) is 0 Å². The van der Waals surface area contributed by atoms with Gasteiger partial charge in [0.25, 0.3) is 0 Å². The number of hydrogen-bond acceptors (Lipinski definition) is 4. The Balaban J connectivity index is 1.62. The van der Waals surface area contributed by atoms with E-state index in [2.05, 4.69) is 14.8 Å². The molecule has 1 fully saturated rings. The van der Waals surface area contributed by atoms with Crippen molar-refractivity contribution in [2.45, 2.75) is 6.54 Å². The van der Waals surface area contributed by atoms with Gasteiger partial charge in [-0.05, 0) is 12.1 Å². The number of aromatic nitrogens is 1. The van der Waals surface area contributed by atoms with Crippen LogP contribution in [0.5, 0.6) is 0 Å². The number of piperazine rings is 1. The van der Waals surface area contributed by atoms with Crippen LogP contribution in [0.1, 0.15) is 4.88 Å². The Hall–Kier alpha value is -0.810. The van der Waals surface area contributed by atoms with Gasteiger partial charge in [0.2, 0.25) is 0 Å². The molecular weight excluding hydrogens is 313 g/mol. The van der Waals surface area contributed by atoms with Gasteiger partial charge in [0, 0.05) is 43.8 Å². The molecular formula is C14H15Cl2N3S. The van der Waals surface area contributed by atoms with Crippen molar-refractivity contribution in [3.63, 3.8) is 0 Å². The van der Waals surface area contributed by atoms with Crippen LogP contribution in [0.3, 0.4) is 0 Å². The average molecular weight is 328 g/mol. The molecule has 0 bridgehead atoms. The lowest BCUT2D eigenvalue weighted by Gasteiger charge is -2.36. The maximum absolute atomic E-state index is 6.28. The maximum atomic E-state index is 6.28. The molecule has 0 unspecified atom stereocenters. The van der Waals surface area contributed by atoms with E-state index in [1.807, 2.05) is 29.9 Å². The number of thiazole rings is 1. The van der Waals surface area contributed by atoms with E-state index < -0.39 is 0 Å². The van der Waals surface area contributed by atoms with Crippen LogP contribution in [0.15, 0.2) is 29.9 Å². The predicted molar refractivity (Wildman–Crippen MR) is 86.1 cm³/mol. The summed E-state index contributed by atoms with van der Waals surface area (Å²) in [5.41, 5.74) is 2.92. The van der Waals surface area contributed by atoms with Crippen LogP contribution in [0.2, 0.25) is 10.0 Å². The van der Waals surface area contributed by atoms with Gasteiger partial charge in [0.05, 0.1) is 21.2 Å². The maximum Gasteiger partial charge on any atom is 0.0825 e. The Kier molecular flexibility index (Phi) is 4.46. The Morgan fingerprint density at radius 3 is 2.65 bits per heavy atom. The zero-order valence-electron chi connectivity index (χ0n) is 10.9. The third-order valence-electron chi connectivity index (χ3n) is 3.51. The van der Waals surface area contributed by atoms with Crippen molar-refractivity contribution in [1.29, 1.82) is 0 Å². The van der Waals surface area contributed by atoms with Crippen molar-refractivity contribution in [2.24, 2.45) is 0 Å². The summed E-state index contributed by atoms with van der Waals surface area (Å²) < 4.78 is 0. The van der Waals surface area contributed by atoms with Gasteiger partial charge in [-0.1, -0.05) is 29.3 Å². The molecule has 20 heavy (non-hydrogen) atoms. The van der Waals surface area contributed by atoms with Crippen molar-refractivity contribution in [3.05, 3.63) is 44.8 Å². The van der Waals surface area contributed by atoms with E-state index in [1.165, 1.54) is 4.88 Å². The molecule has 1 aromatic heterocycles. The van der Waals surface area contributed by atoms with Gasteiger partial charge in [0.15, 0.2) is 0 Å². The number of anilines is 1. The van der Waals surface area contributed by atoms with Crippen molar-refractivity contribution in [3.8, 4) is 0 Å². The quantitative estimate of drug-likeness (QED) is 0.855. The Morgan fingerprint density at radius 2 is 1.95 bits per heavy atom. The first-order valence-electron chi connectivity index (χ1n) is 6.53. The summed E-state index contributed by atoms with van der Waals surface area (Å²) in [4.78, 5) is 10.2. The molecule has 1 saturated heterocycles. The zero-order chi connectivity index (χ0) is 13.9. The molecule has 3 rings (SSSR count). The summed E-state index contributed by atoms with van der Waals surface area (Å²) in [5.74, 6) is 0. The number of rotatable bonds is 3. The minimum Gasteiger partial charge on any atom is -0.368 e. The first kappa shape index (κ1) is 14.1. The summed E-state index contributed by atoms with van der Waals surface area (Å²) in [7, 11) is 0. The number of halogens is 2. The van der Waals surface area contributed by atoms with Crippen LogP contribution in [0.25, 0.3) is 0 Å². The predicted octanol–water partition coefficient (Wildman–Crippen LogP) is 3.77. The van der Waals surface area contributed by atoms with E-state index in [1.54, 1.807) is 11.3 Å². The highest BCUT2D eigenvalue weighted by atomic mass is 35.5. The van der Waals surface area contributed by atoms with Crippen LogP contribution in [-0.2, 0) is 6.54 Å². The molecule has 0 aliphatic carbocycles. The summed E-state index contributed by atoms with van der Waals surface area (Å²) >= 11 is 14.1. The Bertz CT molecular complexity index is 566. The minimum atomic E-state index is 0.622. The van der Waals surface area contributed by atoms with Gasteiger partial charge in [-0.15, -0.1) is 11.3 Å². The van der Waals surface area contributed by atoms with E-state index in [0.29, 0.717) is 10.0 Å². The van der Waals surface area contributed by atoms with Gasteiger partial charge in [-0.2, -0.15) is 0 Å².